The molecule has 0 aliphatic carbocycles. The molecule has 0 unspecified atom stereocenters. The third-order valence-electron chi connectivity index (χ3n) is 3.77. The molecule has 0 saturated carbocycles. The summed E-state index contributed by atoms with van der Waals surface area (Å²) >= 11 is 0. The molecular formula is C19H15N5O2. The number of carbonyl (C=O) groups is 2. The van der Waals surface area contributed by atoms with Gasteiger partial charge >= 0.3 is 0 Å². The van der Waals surface area contributed by atoms with Gasteiger partial charge in [-0.25, -0.2) is 0 Å². The van der Waals surface area contributed by atoms with Crippen molar-refractivity contribution in [1.29, 1.82) is 10.7 Å². The number of nitrogens with one attached hydrogen (secondary N) is 3. The van der Waals surface area contributed by atoms with E-state index in [9.17, 15) is 9.59 Å². The lowest BCUT2D eigenvalue weighted by Gasteiger charge is -2.09. The SMILES string of the molecule is CC(=O)NC(=N)c1ccc2c(c1)NC(=O)CC(c1cccc(C#N)c1)=N2. The average molecular weight is 345 g/mol. The molecule has 7 nitrogen and oxygen atoms in total. The van der Waals surface area contributed by atoms with Crippen molar-refractivity contribution in [2.75, 3.05) is 5.32 Å². The molecule has 0 saturated heterocycles. The number of nitriles is 1. The van der Waals surface area contributed by atoms with Gasteiger partial charge in [0.25, 0.3) is 0 Å². The Morgan fingerprint density at radius 1 is 1.31 bits per heavy atom. The number of amidine groups is 1. The molecule has 26 heavy (non-hydrogen) atoms. The summed E-state index contributed by atoms with van der Waals surface area (Å²) in [6.45, 7) is 1.33. The molecule has 2 aromatic rings. The van der Waals surface area contributed by atoms with Crippen LogP contribution in [0.5, 0.6) is 0 Å². The second-order valence-corrected chi connectivity index (χ2v) is 5.76. The first-order valence-corrected chi connectivity index (χ1v) is 7.85. The molecule has 1 heterocycles. The summed E-state index contributed by atoms with van der Waals surface area (Å²) in [5, 5.41) is 22.1. The first kappa shape index (κ1) is 17.0. The largest absolute Gasteiger partial charge is 0.324 e. The fourth-order valence-electron chi connectivity index (χ4n) is 2.60. The number of rotatable bonds is 2. The van der Waals surface area contributed by atoms with Crippen molar-refractivity contribution >= 4 is 34.7 Å². The maximum Gasteiger partial charge on any atom is 0.230 e. The van der Waals surface area contributed by atoms with Crippen molar-refractivity contribution in [2.24, 2.45) is 4.99 Å². The van der Waals surface area contributed by atoms with Crippen LogP contribution in [0, 0.1) is 16.7 Å². The summed E-state index contributed by atoms with van der Waals surface area (Å²) in [5.41, 5.74) is 3.24. The first-order valence-electron chi connectivity index (χ1n) is 7.85. The van der Waals surface area contributed by atoms with Crippen LogP contribution >= 0.6 is 0 Å². The number of amides is 2. The highest BCUT2D eigenvalue weighted by atomic mass is 16.2. The van der Waals surface area contributed by atoms with Gasteiger partial charge in [-0.15, -0.1) is 0 Å². The third-order valence-corrected chi connectivity index (χ3v) is 3.77. The van der Waals surface area contributed by atoms with E-state index in [4.69, 9.17) is 10.7 Å². The molecule has 3 rings (SSSR count). The van der Waals surface area contributed by atoms with Crippen molar-refractivity contribution in [3.8, 4) is 6.07 Å². The van der Waals surface area contributed by atoms with Crippen LogP contribution < -0.4 is 10.6 Å². The van der Waals surface area contributed by atoms with Gasteiger partial charge in [-0.3, -0.25) is 20.0 Å². The van der Waals surface area contributed by atoms with E-state index in [0.29, 0.717) is 33.8 Å². The predicted molar refractivity (Wildman–Crippen MR) is 97.7 cm³/mol. The highest BCUT2D eigenvalue weighted by Crippen LogP contribution is 2.30. The molecule has 2 aromatic carbocycles. The fraction of sp³-hybridized carbons (Fsp3) is 0.105. The summed E-state index contributed by atoms with van der Waals surface area (Å²) < 4.78 is 0. The number of hydrogen-bond acceptors (Lipinski definition) is 5. The van der Waals surface area contributed by atoms with E-state index in [1.54, 1.807) is 42.5 Å². The van der Waals surface area contributed by atoms with Gasteiger partial charge < -0.3 is 10.6 Å². The van der Waals surface area contributed by atoms with E-state index >= 15 is 0 Å². The summed E-state index contributed by atoms with van der Waals surface area (Å²) in [6, 6.07) is 13.9. The van der Waals surface area contributed by atoms with Gasteiger partial charge in [0.2, 0.25) is 11.8 Å². The van der Waals surface area contributed by atoms with Crippen molar-refractivity contribution in [1.82, 2.24) is 5.32 Å². The average Bonchev–Trinajstić information content (AvgIpc) is 2.78. The van der Waals surface area contributed by atoms with E-state index in [2.05, 4.69) is 21.7 Å². The molecule has 3 N–H and O–H groups in total. The predicted octanol–water partition coefficient (Wildman–Crippen LogP) is 2.48. The van der Waals surface area contributed by atoms with Crippen molar-refractivity contribution < 1.29 is 9.59 Å². The molecule has 2 amide bonds. The second-order valence-electron chi connectivity index (χ2n) is 5.76. The highest BCUT2D eigenvalue weighted by Gasteiger charge is 2.18. The third kappa shape index (κ3) is 3.65. The van der Waals surface area contributed by atoms with Crippen LogP contribution in [0.25, 0.3) is 0 Å². The van der Waals surface area contributed by atoms with E-state index in [0.717, 1.165) is 0 Å². The van der Waals surface area contributed by atoms with Gasteiger partial charge in [0.1, 0.15) is 5.84 Å². The minimum absolute atomic E-state index is 0.0512. The van der Waals surface area contributed by atoms with Crippen LogP contribution in [-0.2, 0) is 9.59 Å². The zero-order valence-electron chi connectivity index (χ0n) is 14.0. The lowest BCUT2D eigenvalue weighted by atomic mass is 10.0. The van der Waals surface area contributed by atoms with Crippen molar-refractivity contribution in [3.63, 3.8) is 0 Å². The van der Waals surface area contributed by atoms with Crippen molar-refractivity contribution in [2.45, 2.75) is 13.3 Å². The Hall–Kier alpha value is -3.79. The Balaban J connectivity index is 2.01. The van der Waals surface area contributed by atoms with Gasteiger partial charge in [0.05, 0.1) is 35.1 Å². The topological polar surface area (TPSA) is 118 Å². The lowest BCUT2D eigenvalue weighted by Crippen LogP contribution is -2.28. The number of benzene rings is 2. The quantitative estimate of drug-likeness (QED) is 0.573. The number of nitrogens with zero attached hydrogens (tertiary/aromatic N) is 2. The van der Waals surface area contributed by atoms with Gasteiger partial charge in [-0.05, 0) is 35.9 Å². The van der Waals surface area contributed by atoms with Crippen LogP contribution in [0.1, 0.15) is 30.0 Å². The van der Waals surface area contributed by atoms with E-state index in [1.807, 2.05) is 0 Å². The molecule has 0 spiro atoms. The molecular weight excluding hydrogens is 330 g/mol. The van der Waals surface area contributed by atoms with E-state index in [-0.39, 0.29) is 24.1 Å². The van der Waals surface area contributed by atoms with Crippen LogP contribution in [0.15, 0.2) is 47.5 Å². The molecule has 7 heteroatoms. The summed E-state index contributed by atoms with van der Waals surface area (Å²) in [4.78, 5) is 27.9. The minimum Gasteiger partial charge on any atom is -0.324 e. The fourth-order valence-corrected chi connectivity index (χ4v) is 2.60. The molecule has 0 atom stereocenters. The maximum atomic E-state index is 12.3. The van der Waals surface area contributed by atoms with Crippen LogP contribution in [0.3, 0.4) is 0 Å². The Labute approximate surface area is 149 Å². The molecule has 0 aromatic heterocycles. The summed E-state index contributed by atoms with van der Waals surface area (Å²) in [6.07, 6.45) is 0.0715. The minimum atomic E-state index is -0.341. The lowest BCUT2D eigenvalue weighted by molar-refractivity contribution is -0.117. The van der Waals surface area contributed by atoms with Gasteiger partial charge in [0, 0.05) is 12.5 Å². The normalized spacial score (nSPS) is 12.8. The van der Waals surface area contributed by atoms with E-state index < -0.39 is 0 Å². The second kappa shape index (κ2) is 6.99. The standard InChI is InChI=1S/C19H15N5O2/c1-11(25)22-19(21)14-5-6-15-17(8-14)24-18(26)9-16(23-15)13-4-2-3-12(7-13)10-20/h2-8H,9H2,1H3,(H,24,26)(H2,21,22,25). The van der Waals surface area contributed by atoms with Gasteiger partial charge in [0.15, 0.2) is 0 Å². The highest BCUT2D eigenvalue weighted by molar-refractivity contribution is 6.17. The van der Waals surface area contributed by atoms with Gasteiger partial charge in [-0.1, -0.05) is 12.1 Å². The number of anilines is 1. The maximum absolute atomic E-state index is 12.3. The van der Waals surface area contributed by atoms with Crippen LogP contribution in [0.2, 0.25) is 0 Å². The van der Waals surface area contributed by atoms with Crippen LogP contribution in [0.4, 0.5) is 11.4 Å². The molecule has 0 radical (unpaired) electrons. The molecule has 128 valence electrons. The molecule has 0 fully saturated rings. The zero-order valence-corrected chi connectivity index (χ0v) is 14.0. The monoisotopic (exact) mass is 345 g/mol. The number of hydrogen-bond donors (Lipinski definition) is 3. The number of aliphatic imine (C=N–C) groups is 1. The molecule has 0 bridgehead atoms. The zero-order chi connectivity index (χ0) is 18.7. The summed E-state index contributed by atoms with van der Waals surface area (Å²) in [7, 11) is 0. The van der Waals surface area contributed by atoms with Crippen LogP contribution in [-0.4, -0.2) is 23.4 Å². The van der Waals surface area contributed by atoms with Crippen molar-refractivity contribution in [3.05, 3.63) is 59.2 Å². The Morgan fingerprint density at radius 2 is 2.12 bits per heavy atom. The first-order chi connectivity index (χ1) is 12.5. The Morgan fingerprint density at radius 3 is 2.85 bits per heavy atom. The Kier molecular flexibility index (Phi) is 4.58. The van der Waals surface area contributed by atoms with Gasteiger partial charge in [-0.2, -0.15) is 5.26 Å². The smallest absolute Gasteiger partial charge is 0.230 e. The summed E-state index contributed by atoms with van der Waals surface area (Å²) in [5.74, 6) is -0.635. The molecule has 1 aliphatic rings. The number of carbonyl (C=O) groups excluding carboxylic acids is 2. The number of fused-ring (bicyclic) bond motifs is 1. The van der Waals surface area contributed by atoms with E-state index in [1.165, 1.54) is 6.92 Å². The Bertz CT molecular complexity index is 1000. The molecule has 1 aliphatic heterocycles.